The minimum Gasteiger partial charge on any atom is -0.493 e. The number of hydrogen-bond acceptors (Lipinski definition) is 3. The van der Waals surface area contributed by atoms with Gasteiger partial charge in [-0.1, -0.05) is 18.2 Å². The minimum atomic E-state index is -1.27. The first-order chi connectivity index (χ1) is 10.1. The summed E-state index contributed by atoms with van der Waals surface area (Å²) in [7, 11) is 0. The van der Waals surface area contributed by atoms with Crippen molar-refractivity contribution in [2.45, 2.75) is 12.5 Å². The van der Waals surface area contributed by atoms with E-state index in [0.29, 0.717) is 12.3 Å². The molecule has 0 amide bonds. The van der Waals surface area contributed by atoms with Crippen LogP contribution in [0, 0.1) is 5.82 Å². The van der Waals surface area contributed by atoms with Gasteiger partial charge < -0.3 is 15.2 Å². The standard InChI is InChI=1S/C16H14FNO3/c17-13-6-5-10(9-12(13)16(19)20)18-14-7-8-21-15-4-2-1-3-11(14)15/h1-6,9,14,18H,7-8H2,(H,19,20). The summed E-state index contributed by atoms with van der Waals surface area (Å²) in [5.41, 5.74) is 1.26. The van der Waals surface area contributed by atoms with Crippen LogP contribution in [0.25, 0.3) is 0 Å². The summed E-state index contributed by atoms with van der Waals surface area (Å²) in [6.07, 6.45) is 0.761. The number of fused-ring (bicyclic) bond motifs is 1. The third-order valence-electron chi connectivity index (χ3n) is 3.50. The highest BCUT2D eigenvalue weighted by Crippen LogP contribution is 2.34. The van der Waals surface area contributed by atoms with Gasteiger partial charge in [0.15, 0.2) is 0 Å². The molecule has 2 aromatic rings. The second kappa shape index (κ2) is 5.44. The predicted molar refractivity (Wildman–Crippen MR) is 76.3 cm³/mol. The molecular formula is C16H14FNO3. The zero-order chi connectivity index (χ0) is 14.8. The van der Waals surface area contributed by atoms with Gasteiger partial charge in [0, 0.05) is 17.7 Å². The number of carboxylic acids is 1. The van der Waals surface area contributed by atoms with Crippen LogP contribution in [0.4, 0.5) is 10.1 Å². The Morgan fingerprint density at radius 1 is 1.29 bits per heavy atom. The van der Waals surface area contributed by atoms with Gasteiger partial charge in [-0.2, -0.15) is 0 Å². The molecule has 4 nitrogen and oxygen atoms in total. The summed E-state index contributed by atoms with van der Waals surface area (Å²) in [5.74, 6) is -1.19. The van der Waals surface area contributed by atoms with Crippen molar-refractivity contribution in [1.29, 1.82) is 0 Å². The van der Waals surface area contributed by atoms with E-state index < -0.39 is 11.8 Å². The van der Waals surface area contributed by atoms with Gasteiger partial charge >= 0.3 is 5.97 Å². The summed E-state index contributed by atoms with van der Waals surface area (Å²) in [5, 5.41) is 12.2. The molecule has 1 atom stereocenters. The fourth-order valence-electron chi connectivity index (χ4n) is 2.47. The van der Waals surface area contributed by atoms with Crippen LogP contribution >= 0.6 is 0 Å². The number of anilines is 1. The fourth-order valence-corrected chi connectivity index (χ4v) is 2.47. The number of para-hydroxylation sites is 1. The van der Waals surface area contributed by atoms with Crippen LogP contribution in [-0.4, -0.2) is 17.7 Å². The van der Waals surface area contributed by atoms with Crippen LogP contribution in [0.5, 0.6) is 5.75 Å². The molecule has 0 spiro atoms. The minimum absolute atomic E-state index is 0.0158. The first-order valence-electron chi connectivity index (χ1n) is 6.66. The van der Waals surface area contributed by atoms with Gasteiger partial charge in [-0.15, -0.1) is 0 Å². The third kappa shape index (κ3) is 2.67. The number of halogens is 1. The van der Waals surface area contributed by atoms with E-state index in [4.69, 9.17) is 9.84 Å². The smallest absolute Gasteiger partial charge is 0.338 e. The molecule has 0 bridgehead atoms. The van der Waals surface area contributed by atoms with Gasteiger partial charge in [0.25, 0.3) is 0 Å². The van der Waals surface area contributed by atoms with Crippen LogP contribution in [0.1, 0.15) is 28.4 Å². The number of rotatable bonds is 3. The SMILES string of the molecule is O=C(O)c1cc(NC2CCOc3ccccc32)ccc1F. The second-order valence-corrected chi connectivity index (χ2v) is 4.87. The van der Waals surface area contributed by atoms with Gasteiger partial charge in [-0.3, -0.25) is 0 Å². The molecule has 5 heteroatoms. The van der Waals surface area contributed by atoms with E-state index in [1.165, 1.54) is 6.07 Å². The Balaban J connectivity index is 1.88. The Hall–Kier alpha value is -2.56. The first kappa shape index (κ1) is 13.4. The molecule has 1 unspecified atom stereocenters. The Morgan fingerprint density at radius 2 is 2.10 bits per heavy atom. The number of hydrogen-bond donors (Lipinski definition) is 2. The van der Waals surface area contributed by atoms with Crippen molar-refractivity contribution in [3.8, 4) is 5.75 Å². The monoisotopic (exact) mass is 287 g/mol. The topological polar surface area (TPSA) is 58.6 Å². The van der Waals surface area contributed by atoms with Crippen molar-refractivity contribution in [3.63, 3.8) is 0 Å². The van der Waals surface area contributed by atoms with Gasteiger partial charge in [0.2, 0.25) is 0 Å². The molecule has 21 heavy (non-hydrogen) atoms. The molecule has 2 aromatic carbocycles. The van der Waals surface area contributed by atoms with Crippen molar-refractivity contribution in [2.75, 3.05) is 11.9 Å². The predicted octanol–water partition coefficient (Wildman–Crippen LogP) is 3.46. The van der Waals surface area contributed by atoms with E-state index in [-0.39, 0.29) is 11.6 Å². The van der Waals surface area contributed by atoms with Gasteiger partial charge in [0.1, 0.15) is 11.6 Å². The Labute approximate surface area is 121 Å². The zero-order valence-corrected chi connectivity index (χ0v) is 11.2. The zero-order valence-electron chi connectivity index (χ0n) is 11.2. The molecule has 0 saturated heterocycles. The summed E-state index contributed by atoms with van der Waals surface area (Å²) in [4.78, 5) is 11.0. The lowest BCUT2D eigenvalue weighted by molar-refractivity contribution is 0.0692. The molecule has 108 valence electrons. The lowest BCUT2D eigenvalue weighted by atomic mass is 10.00. The average molecular weight is 287 g/mol. The van der Waals surface area contributed by atoms with E-state index in [0.717, 1.165) is 23.8 Å². The number of ether oxygens (including phenoxy) is 1. The van der Waals surface area contributed by atoms with Crippen LogP contribution in [0.15, 0.2) is 42.5 Å². The van der Waals surface area contributed by atoms with E-state index >= 15 is 0 Å². The van der Waals surface area contributed by atoms with E-state index in [9.17, 15) is 9.18 Å². The van der Waals surface area contributed by atoms with Crippen molar-refractivity contribution < 1.29 is 19.0 Å². The fraction of sp³-hybridized carbons (Fsp3) is 0.188. The lowest BCUT2D eigenvalue weighted by Gasteiger charge is -2.27. The molecule has 1 heterocycles. The van der Waals surface area contributed by atoms with Gasteiger partial charge in [-0.25, -0.2) is 9.18 Å². The molecule has 2 N–H and O–H groups in total. The first-order valence-corrected chi connectivity index (χ1v) is 6.66. The largest absolute Gasteiger partial charge is 0.493 e. The van der Waals surface area contributed by atoms with Gasteiger partial charge in [0.05, 0.1) is 18.2 Å². The van der Waals surface area contributed by atoms with Crippen molar-refractivity contribution in [1.82, 2.24) is 0 Å². The molecule has 0 radical (unpaired) electrons. The Morgan fingerprint density at radius 3 is 2.90 bits per heavy atom. The maximum absolute atomic E-state index is 13.4. The average Bonchev–Trinajstić information content (AvgIpc) is 2.49. The number of carbonyl (C=O) groups is 1. The summed E-state index contributed by atoms with van der Waals surface area (Å²) in [6, 6.07) is 11.7. The van der Waals surface area contributed by atoms with Gasteiger partial charge in [-0.05, 0) is 24.3 Å². The number of nitrogens with one attached hydrogen (secondary N) is 1. The van der Waals surface area contributed by atoms with Crippen molar-refractivity contribution in [3.05, 3.63) is 59.4 Å². The number of aromatic carboxylic acids is 1. The van der Waals surface area contributed by atoms with E-state index in [1.807, 2.05) is 24.3 Å². The highest BCUT2D eigenvalue weighted by molar-refractivity contribution is 5.89. The molecule has 3 rings (SSSR count). The maximum Gasteiger partial charge on any atom is 0.338 e. The third-order valence-corrected chi connectivity index (χ3v) is 3.50. The van der Waals surface area contributed by atoms with Crippen molar-refractivity contribution >= 4 is 11.7 Å². The molecule has 0 aliphatic carbocycles. The van der Waals surface area contributed by atoms with E-state index in [2.05, 4.69) is 5.32 Å². The number of carboxylic acid groups (broad SMARTS) is 1. The van der Waals surface area contributed by atoms with Crippen molar-refractivity contribution in [2.24, 2.45) is 0 Å². The quantitative estimate of drug-likeness (QED) is 0.907. The Bertz CT molecular complexity index is 687. The van der Waals surface area contributed by atoms with E-state index in [1.54, 1.807) is 6.07 Å². The Kier molecular flexibility index (Phi) is 3.48. The molecule has 1 aliphatic heterocycles. The molecule has 0 saturated carbocycles. The molecular weight excluding hydrogens is 273 g/mol. The maximum atomic E-state index is 13.4. The molecule has 1 aliphatic rings. The second-order valence-electron chi connectivity index (χ2n) is 4.87. The van der Waals surface area contributed by atoms with Crippen LogP contribution in [-0.2, 0) is 0 Å². The summed E-state index contributed by atoms with van der Waals surface area (Å²) >= 11 is 0. The lowest BCUT2D eigenvalue weighted by Crippen LogP contribution is -2.20. The summed E-state index contributed by atoms with van der Waals surface area (Å²) in [6.45, 7) is 0.585. The normalized spacial score (nSPS) is 16.7. The summed E-state index contributed by atoms with van der Waals surface area (Å²) < 4.78 is 19.0. The highest BCUT2D eigenvalue weighted by atomic mass is 19.1. The molecule has 0 fully saturated rings. The van der Waals surface area contributed by atoms with Crippen LogP contribution in [0.3, 0.4) is 0 Å². The van der Waals surface area contributed by atoms with Crippen LogP contribution < -0.4 is 10.1 Å². The van der Waals surface area contributed by atoms with Crippen LogP contribution in [0.2, 0.25) is 0 Å². The highest BCUT2D eigenvalue weighted by Gasteiger charge is 2.21. The molecule has 0 aromatic heterocycles. The number of benzene rings is 2.